The first-order valence-corrected chi connectivity index (χ1v) is 10.0. The number of nitrogens with one attached hydrogen (secondary N) is 1. The fourth-order valence-electron chi connectivity index (χ4n) is 3.82. The third-order valence-corrected chi connectivity index (χ3v) is 5.20. The summed E-state index contributed by atoms with van der Waals surface area (Å²) in [7, 11) is 0. The van der Waals surface area contributed by atoms with Crippen LogP contribution in [0.15, 0.2) is 6.20 Å². The standard InChI is InChI=1S/C19H25F3N6O2/c1-2-27-16(18(23)30)13(11-24-27)25-15(29)9-5-6-10-28-14-8-4-3-7-12(14)17(26-28)19(20,21)22/h11H,2-10H2,1H3,(H2,23,30)(H,25,29). The molecule has 1 aliphatic rings. The van der Waals surface area contributed by atoms with Crippen molar-refractivity contribution in [2.45, 2.75) is 71.1 Å². The van der Waals surface area contributed by atoms with Gasteiger partial charge < -0.3 is 11.1 Å². The Kier molecular flexibility index (Phi) is 6.47. The lowest BCUT2D eigenvalue weighted by atomic mass is 9.95. The van der Waals surface area contributed by atoms with Gasteiger partial charge in [-0.25, -0.2) is 0 Å². The molecule has 0 aromatic carbocycles. The van der Waals surface area contributed by atoms with E-state index in [9.17, 15) is 22.8 Å². The number of carbonyl (C=O) groups excluding carboxylic acids is 2. The minimum Gasteiger partial charge on any atom is -0.364 e. The van der Waals surface area contributed by atoms with Crippen LogP contribution in [0.1, 0.15) is 66.5 Å². The molecule has 2 aromatic heterocycles. The molecule has 0 radical (unpaired) electrons. The highest BCUT2D eigenvalue weighted by Crippen LogP contribution is 2.35. The second kappa shape index (κ2) is 8.88. The molecule has 30 heavy (non-hydrogen) atoms. The van der Waals surface area contributed by atoms with Crippen molar-refractivity contribution >= 4 is 17.5 Å². The maximum atomic E-state index is 13.2. The number of nitrogens with two attached hydrogens (primary N) is 1. The second-order valence-electron chi connectivity index (χ2n) is 7.29. The number of alkyl halides is 3. The summed E-state index contributed by atoms with van der Waals surface area (Å²) in [5.74, 6) is -1.000. The molecule has 2 heterocycles. The van der Waals surface area contributed by atoms with Crippen molar-refractivity contribution in [2.24, 2.45) is 5.73 Å². The molecule has 0 unspecified atom stereocenters. The first kappa shape index (κ1) is 21.8. The van der Waals surface area contributed by atoms with Crippen LogP contribution < -0.4 is 11.1 Å². The van der Waals surface area contributed by atoms with Crippen LogP contribution in [0.4, 0.5) is 18.9 Å². The number of carbonyl (C=O) groups is 2. The fourth-order valence-corrected chi connectivity index (χ4v) is 3.82. The van der Waals surface area contributed by atoms with Gasteiger partial charge in [-0.15, -0.1) is 0 Å². The van der Waals surface area contributed by atoms with E-state index in [1.54, 1.807) is 6.92 Å². The largest absolute Gasteiger partial charge is 0.435 e. The summed E-state index contributed by atoms with van der Waals surface area (Å²) < 4.78 is 42.6. The van der Waals surface area contributed by atoms with Gasteiger partial charge in [-0.05, 0) is 45.4 Å². The molecule has 0 bridgehead atoms. The van der Waals surface area contributed by atoms with Gasteiger partial charge in [0.15, 0.2) is 5.69 Å². The minimum absolute atomic E-state index is 0.133. The molecule has 3 N–H and O–H groups in total. The average molecular weight is 426 g/mol. The molecule has 0 atom stereocenters. The van der Waals surface area contributed by atoms with Crippen molar-refractivity contribution in [3.8, 4) is 0 Å². The Morgan fingerprint density at radius 3 is 2.60 bits per heavy atom. The minimum atomic E-state index is -4.45. The number of fused-ring (bicyclic) bond motifs is 1. The summed E-state index contributed by atoms with van der Waals surface area (Å²) in [6.07, 6.45) is 0.645. The van der Waals surface area contributed by atoms with Gasteiger partial charge in [-0.1, -0.05) is 0 Å². The van der Waals surface area contributed by atoms with Crippen LogP contribution in [0, 0.1) is 0 Å². The van der Waals surface area contributed by atoms with Crippen molar-refractivity contribution in [1.29, 1.82) is 0 Å². The fraction of sp³-hybridized carbons (Fsp3) is 0.579. The predicted octanol–water partition coefficient (Wildman–Crippen LogP) is 2.91. The summed E-state index contributed by atoms with van der Waals surface area (Å²) >= 11 is 0. The van der Waals surface area contributed by atoms with E-state index in [4.69, 9.17) is 5.73 Å². The number of aromatic nitrogens is 4. The number of hydrogen-bond donors (Lipinski definition) is 2. The third kappa shape index (κ3) is 4.65. The van der Waals surface area contributed by atoms with E-state index in [-0.39, 0.29) is 23.7 Å². The van der Waals surface area contributed by atoms with Gasteiger partial charge in [0, 0.05) is 30.8 Å². The molecule has 0 fully saturated rings. The molecule has 3 rings (SSSR count). The highest BCUT2D eigenvalue weighted by Gasteiger charge is 2.39. The molecule has 1 aliphatic carbocycles. The van der Waals surface area contributed by atoms with E-state index in [0.29, 0.717) is 50.0 Å². The Morgan fingerprint density at radius 2 is 1.93 bits per heavy atom. The summed E-state index contributed by atoms with van der Waals surface area (Å²) in [4.78, 5) is 23.8. The van der Waals surface area contributed by atoms with Gasteiger partial charge in [-0.3, -0.25) is 19.0 Å². The molecule has 11 heteroatoms. The van der Waals surface area contributed by atoms with Crippen LogP contribution >= 0.6 is 0 Å². The maximum Gasteiger partial charge on any atom is 0.435 e. The van der Waals surface area contributed by atoms with Gasteiger partial charge in [0.1, 0.15) is 5.69 Å². The number of aryl methyl sites for hydroxylation is 2. The average Bonchev–Trinajstić information content (AvgIpc) is 3.26. The number of unbranched alkanes of at least 4 members (excludes halogenated alkanes) is 1. The van der Waals surface area contributed by atoms with E-state index < -0.39 is 17.8 Å². The van der Waals surface area contributed by atoms with Crippen molar-refractivity contribution in [3.05, 3.63) is 28.8 Å². The number of primary amides is 1. The zero-order valence-electron chi connectivity index (χ0n) is 16.8. The Hall–Kier alpha value is -2.85. The van der Waals surface area contributed by atoms with Gasteiger partial charge >= 0.3 is 6.18 Å². The third-order valence-electron chi connectivity index (χ3n) is 5.20. The summed E-state index contributed by atoms with van der Waals surface area (Å²) in [5.41, 5.74) is 5.94. The molecule has 8 nitrogen and oxygen atoms in total. The summed E-state index contributed by atoms with van der Waals surface area (Å²) in [5, 5.41) is 10.4. The van der Waals surface area contributed by atoms with Gasteiger partial charge in [0.05, 0.1) is 11.9 Å². The van der Waals surface area contributed by atoms with E-state index in [2.05, 4.69) is 15.5 Å². The quantitative estimate of drug-likeness (QED) is 0.633. The number of hydrogen-bond acceptors (Lipinski definition) is 4. The summed E-state index contributed by atoms with van der Waals surface area (Å²) in [6, 6.07) is 0. The van der Waals surface area contributed by atoms with Crippen molar-refractivity contribution in [3.63, 3.8) is 0 Å². The Morgan fingerprint density at radius 1 is 1.20 bits per heavy atom. The molecule has 0 saturated carbocycles. The number of anilines is 1. The highest BCUT2D eigenvalue weighted by atomic mass is 19.4. The van der Waals surface area contributed by atoms with Gasteiger partial charge in [0.2, 0.25) is 5.91 Å². The summed E-state index contributed by atoms with van der Waals surface area (Å²) in [6.45, 7) is 2.55. The van der Waals surface area contributed by atoms with Crippen molar-refractivity contribution in [1.82, 2.24) is 19.6 Å². The molecule has 0 spiro atoms. The zero-order valence-corrected chi connectivity index (χ0v) is 16.8. The van der Waals surface area contributed by atoms with Crippen LogP contribution in [0.3, 0.4) is 0 Å². The number of nitrogens with zero attached hydrogens (tertiary/aromatic N) is 4. The predicted molar refractivity (Wildman–Crippen MR) is 103 cm³/mol. The van der Waals surface area contributed by atoms with E-state index in [1.807, 2.05) is 0 Å². The molecular formula is C19H25F3N6O2. The molecule has 164 valence electrons. The van der Waals surface area contributed by atoms with Crippen LogP contribution in [0.5, 0.6) is 0 Å². The topological polar surface area (TPSA) is 108 Å². The highest BCUT2D eigenvalue weighted by molar-refractivity contribution is 6.01. The number of rotatable bonds is 8. The molecular weight excluding hydrogens is 401 g/mol. The van der Waals surface area contributed by atoms with Crippen LogP contribution in [0.25, 0.3) is 0 Å². The lowest BCUT2D eigenvalue weighted by Gasteiger charge is -2.14. The normalized spacial score (nSPS) is 13.9. The monoisotopic (exact) mass is 426 g/mol. The molecule has 0 saturated heterocycles. The van der Waals surface area contributed by atoms with Crippen LogP contribution in [-0.4, -0.2) is 31.4 Å². The first-order chi connectivity index (χ1) is 14.2. The lowest BCUT2D eigenvalue weighted by Crippen LogP contribution is -2.21. The Balaban J connectivity index is 1.56. The van der Waals surface area contributed by atoms with E-state index in [1.165, 1.54) is 15.6 Å². The first-order valence-electron chi connectivity index (χ1n) is 10.0. The van der Waals surface area contributed by atoms with E-state index >= 15 is 0 Å². The lowest BCUT2D eigenvalue weighted by molar-refractivity contribution is -0.142. The maximum absolute atomic E-state index is 13.2. The van der Waals surface area contributed by atoms with Gasteiger partial charge in [0.25, 0.3) is 5.91 Å². The number of amides is 2. The molecule has 0 aliphatic heterocycles. The SMILES string of the molecule is CCn1ncc(NC(=O)CCCCn2nc(C(F)(F)F)c3c2CCCC3)c1C(N)=O. The van der Waals surface area contributed by atoms with Crippen molar-refractivity contribution < 1.29 is 22.8 Å². The Labute approximate surface area is 171 Å². The zero-order chi connectivity index (χ0) is 21.9. The molecule has 2 amide bonds. The van der Waals surface area contributed by atoms with Crippen LogP contribution in [-0.2, 0) is 36.9 Å². The molecule has 2 aromatic rings. The Bertz CT molecular complexity index is 932. The van der Waals surface area contributed by atoms with Crippen LogP contribution in [0.2, 0.25) is 0 Å². The van der Waals surface area contributed by atoms with Crippen molar-refractivity contribution in [2.75, 3.05) is 5.32 Å². The smallest absolute Gasteiger partial charge is 0.364 e. The number of halogens is 3. The second-order valence-corrected chi connectivity index (χ2v) is 7.29. The van der Waals surface area contributed by atoms with Gasteiger partial charge in [-0.2, -0.15) is 23.4 Å². The van der Waals surface area contributed by atoms with E-state index in [0.717, 1.165) is 12.8 Å².